The summed E-state index contributed by atoms with van der Waals surface area (Å²) in [6, 6.07) is 8.42. The highest BCUT2D eigenvalue weighted by molar-refractivity contribution is 7.96. The Morgan fingerprint density at radius 1 is 1.26 bits per heavy atom. The predicted molar refractivity (Wildman–Crippen MR) is 114 cm³/mol. The molecule has 0 aromatic heterocycles. The van der Waals surface area contributed by atoms with E-state index in [1.54, 1.807) is 0 Å². The van der Waals surface area contributed by atoms with E-state index < -0.39 is 0 Å². The number of hydrogen-bond donors (Lipinski definition) is 2. The smallest absolute Gasteiger partial charge is 0.227 e. The standard InChI is InChI=1S/C22H33N3OS/c1-22(2)8-3-4-9-25(22)27-15-16-6-5-7-20(10-16)24-21(26)17-11-18-13-23-14-19(18)12-17/h5-7,10,17-19,23H,3-4,8-9,11-15H2,1-2H3,(H,24,26). The Bertz CT molecular complexity index is 665. The molecule has 4 rings (SSSR count). The van der Waals surface area contributed by atoms with Gasteiger partial charge in [-0.3, -0.25) is 4.79 Å². The maximum Gasteiger partial charge on any atom is 0.227 e. The van der Waals surface area contributed by atoms with Crippen LogP contribution in [0.25, 0.3) is 0 Å². The van der Waals surface area contributed by atoms with E-state index in [1.165, 1.54) is 31.4 Å². The number of amides is 1. The number of rotatable bonds is 5. The van der Waals surface area contributed by atoms with Crippen molar-refractivity contribution in [2.45, 2.75) is 57.2 Å². The Morgan fingerprint density at radius 2 is 2.04 bits per heavy atom. The first-order valence-electron chi connectivity index (χ1n) is 10.5. The van der Waals surface area contributed by atoms with E-state index in [4.69, 9.17) is 0 Å². The zero-order valence-electron chi connectivity index (χ0n) is 16.7. The lowest BCUT2D eigenvalue weighted by Gasteiger charge is -2.41. The minimum absolute atomic E-state index is 0.189. The van der Waals surface area contributed by atoms with Crippen molar-refractivity contribution in [1.82, 2.24) is 9.62 Å². The fraction of sp³-hybridized carbons (Fsp3) is 0.682. The summed E-state index contributed by atoms with van der Waals surface area (Å²) < 4.78 is 2.55. The van der Waals surface area contributed by atoms with E-state index in [0.29, 0.717) is 11.8 Å². The molecule has 2 N–H and O–H groups in total. The van der Waals surface area contributed by atoms with E-state index in [2.05, 4.69) is 47.0 Å². The van der Waals surface area contributed by atoms with E-state index in [1.807, 2.05) is 18.0 Å². The van der Waals surface area contributed by atoms with Gasteiger partial charge in [0.2, 0.25) is 5.91 Å². The molecular formula is C22H33N3OS. The van der Waals surface area contributed by atoms with Crippen LogP contribution in [0.2, 0.25) is 0 Å². The molecule has 2 aliphatic heterocycles. The van der Waals surface area contributed by atoms with Gasteiger partial charge in [-0.2, -0.15) is 0 Å². The van der Waals surface area contributed by atoms with Gasteiger partial charge in [-0.1, -0.05) is 30.5 Å². The molecule has 1 aliphatic carbocycles. The predicted octanol–water partition coefficient (Wildman–Crippen LogP) is 4.28. The Hall–Kier alpha value is -1.04. The number of anilines is 1. The van der Waals surface area contributed by atoms with Crippen LogP contribution in [0.4, 0.5) is 5.69 Å². The average Bonchev–Trinajstić information content (AvgIpc) is 3.23. The van der Waals surface area contributed by atoms with E-state index in [-0.39, 0.29) is 17.4 Å². The van der Waals surface area contributed by atoms with Gasteiger partial charge in [0.1, 0.15) is 0 Å². The number of nitrogens with zero attached hydrogens (tertiary/aromatic N) is 1. The summed E-state index contributed by atoms with van der Waals surface area (Å²) in [4.78, 5) is 12.7. The zero-order valence-corrected chi connectivity index (χ0v) is 17.5. The van der Waals surface area contributed by atoms with Crippen molar-refractivity contribution >= 4 is 23.5 Å². The molecule has 27 heavy (non-hydrogen) atoms. The minimum Gasteiger partial charge on any atom is -0.326 e. The van der Waals surface area contributed by atoms with Crippen LogP contribution in [0.15, 0.2) is 24.3 Å². The second kappa shape index (κ2) is 8.14. The fourth-order valence-corrected chi connectivity index (χ4v) is 6.18. The van der Waals surface area contributed by atoms with Crippen LogP contribution >= 0.6 is 11.9 Å². The summed E-state index contributed by atoms with van der Waals surface area (Å²) >= 11 is 1.94. The van der Waals surface area contributed by atoms with Gasteiger partial charge >= 0.3 is 0 Å². The summed E-state index contributed by atoms with van der Waals surface area (Å²) in [5.41, 5.74) is 2.52. The van der Waals surface area contributed by atoms with Crippen molar-refractivity contribution in [2.24, 2.45) is 17.8 Å². The lowest BCUT2D eigenvalue weighted by Crippen LogP contribution is -2.42. The van der Waals surface area contributed by atoms with Crippen LogP contribution in [-0.2, 0) is 10.5 Å². The first kappa shape index (κ1) is 19.3. The number of hydrogen-bond acceptors (Lipinski definition) is 4. The van der Waals surface area contributed by atoms with E-state index in [0.717, 1.165) is 37.4 Å². The van der Waals surface area contributed by atoms with Crippen LogP contribution in [0.5, 0.6) is 0 Å². The molecule has 0 bridgehead atoms. The average molecular weight is 388 g/mol. The monoisotopic (exact) mass is 387 g/mol. The molecule has 2 heterocycles. The molecule has 2 atom stereocenters. The Kier molecular flexibility index (Phi) is 5.81. The summed E-state index contributed by atoms with van der Waals surface area (Å²) in [7, 11) is 0. The molecule has 4 nitrogen and oxygen atoms in total. The summed E-state index contributed by atoms with van der Waals surface area (Å²) in [5.74, 6) is 2.78. The summed E-state index contributed by atoms with van der Waals surface area (Å²) in [5, 5.41) is 6.64. The maximum absolute atomic E-state index is 12.7. The van der Waals surface area contributed by atoms with Gasteiger partial charge in [-0.25, -0.2) is 4.31 Å². The van der Waals surface area contributed by atoms with E-state index >= 15 is 0 Å². The molecule has 2 unspecified atom stereocenters. The highest BCUT2D eigenvalue weighted by atomic mass is 32.2. The van der Waals surface area contributed by atoms with Gasteiger partial charge in [-0.15, -0.1) is 0 Å². The lowest BCUT2D eigenvalue weighted by molar-refractivity contribution is -0.119. The number of fused-ring (bicyclic) bond motifs is 1. The first-order chi connectivity index (χ1) is 13.0. The molecule has 1 aromatic rings. The van der Waals surface area contributed by atoms with Crippen molar-refractivity contribution in [2.75, 3.05) is 25.0 Å². The van der Waals surface area contributed by atoms with E-state index in [9.17, 15) is 4.79 Å². The molecule has 3 aliphatic rings. The number of benzene rings is 1. The topological polar surface area (TPSA) is 44.4 Å². The largest absolute Gasteiger partial charge is 0.326 e. The van der Waals surface area contributed by atoms with Gasteiger partial charge < -0.3 is 10.6 Å². The third-order valence-electron chi connectivity index (χ3n) is 6.68. The number of nitrogens with one attached hydrogen (secondary N) is 2. The fourth-order valence-electron chi connectivity index (χ4n) is 5.00. The minimum atomic E-state index is 0.189. The van der Waals surface area contributed by atoms with Crippen LogP contribution < -0.4 is 10.6 Å². The van der Waals surface area contributed by atoms with Crippen LogP contribution in [0, 0.1) is 17.8 Å². The van der Waals surface area contributed by atoms with Crippen molar-refractivity contribution in [3.05, 3.63) is 29.8 Å². The Morgan fingerprint density at radius 3 is 2.78 bits per heavy atom. The second-order valence-electron chi connectivity index (χ2n) is 9.18. The zero-order chi connectivity index (χ0) is 18.9. The third kappa shape index (κ3) is 4.52. The molecule has 1 saturated carbocycles. The van der Waals surface area contributed by atoms with Gasteiger partial charge in [0.25, 0.3) is 0 Å². The van der Waals surface area contributed by atoms with Crippen molar-refractivity contribution in [3.8, 4) is 0 Å². The Balaban J connectivity index is 1.31. The quantitative estimate of drug-likeness (QED) is 0.740. The maximum atomic E-state index is 12.7. The molecule has 148 valence electrons. The van der Waals surface area contributed by atoms with Crippen LogP contribution in [0.3, 0.4) is 0 Å². The highest BCUT2D eigenvalue weighted by Gasteiger charge is 2.40. The molecular weight excluding hydrogens is 354 g/mol. The number of carbonyl (C=O) groups excluding carboxylic acids is 1. The second-order valence-corrected chi connectivity index (χ2v) is 10.2. The van der Waals surface area contributed by atoms with Crippen molar-refractivity contribution in [1.29, 1.82) is 0 Å². The molecule has 5 heteroatoms. The number of piperidine rings is 1. The third-order valence-corrected chi connectivity index (χ3v) is 8.13. The lowest BCUT2D eigenvalue weighted by atomic mass is 9.93. The first-order valence-corrected chi connectivity index (χ1v) is 11.5. The summed E-state index contributed by atoms with van der Waals surface area (Å²) in [6.07, 6.45) is 6.00. The van der Waals surface area contributed by atoms with Gasteiger partial charge in [0.15, 0.2) is 0 Å². The Labute approximate surface area is 168 Å². The van der Waals surface area contributed by atoms with Gasteiger partial charge in [0, 0.05) is 29.4 Å². The molecule has 0 radical (unpaired) electrons. The van der Waals surface area contributed by atoms with Gasteiger partial charge in [-0.05, 0) is 82.2 Å². The van der Waals surface area contributed by atoms with Crippen LogP contribution in [-0.4, -0.2) is 35.4 Å². The highest BCUT2D eigenvalue weighted by Crippen LogP contribution is 2.39. The van der Waals surface area contributed by atoms with Crippen molar-refractivity contribution < 1.29 is 4.79 Å². The SMILES string of the molecule is CC1(C)CCCCN1SCc1cccc(NC(=O)C2CC3CNCC3C2)c1. The van der Waals surface area contributed by atoms with Gasteiger partial charge in [0.05, 0.1) is 0 Å². The normalized spacial score (nSPS) is 30.2. The molecule has 3 fully saturated rings. The van der Waals surface area contributed by atoms with Crippen LogP contribution in [0.1, 0.15) is 51.5 Å². The molecule has 0 spiro atoms. The molecule has 1 aromatic carbocycles. The number of carbonyl (C=O) groups is 1. The molecule has 2 saturated heterocycles. The van der Waals surface area contributed by atoms with Crippen molar-refractivity contribution in [3.63, 3.8) is 0 Å². The summed E-state index contributed by atoms with van der Waals surface area (Å²) in [6.45, 7) is 8.06. The molecule has 1 amide bonds.